The first-order valence-corrected chi connectivity index (χ1v) is 18.8. The van der Waals surface area contributed by atoms with E-state index in [1.165, 1.54) is 6.33 Å². The van der Waals surface area contributed by atoms with Gasteiger partial charge in [-0.2, -0.15) is 0 Å². The first-order valence-electron chi connectivity index (χ1n) is 13.0. The van der Waals surface area contributed by atoms with Crippen LogP contribution in [0, 0.1) is 0 Å². The van der Waals surface area contributed by atoms with Crippen LogP contribution in [0.1, 0.15) is 67.5 Å². The Balaban J connectivity index is 2.03. The van der Waals surface area contributed by atoms with Gasteiger partial charge >= 0.3 is 0 Å². The zero-order chi connectivity index (χ0) is 27.2. The van der Waals surface area contributed by atoms with Gasteiger partial charge < -0.3 is 24.1 Å². The fourth-order valence-electron chi connectivity index (χ4n) is 3.72. The molecule has 204 valence electrons. The predicted molar refractivity (Wildman–Crippen MR) is 149 cm³/mol. The molecular formula is C25H47N5O4Si2. The van der Waals surface area contributed by atoms with Gasteiger partial charge in [0.05, 0.1) is 19.0 Å². The summed E-state index contributed by atoms with van der Waals surface area (Å²) in [4.78, 5) is 13.1. The lowest BCUT2D eigenvalue weighted by Gasteiger charge is -2.40. The molecule has 9 nitrogen and oxygen atoms in total. The summed E-state index contributed by atoms with van der Waals surface area (Å²) < 4.78 is 28.8. The number of rotatable bonds is 9. The van der Waals surface area contributed by atoms with Crippen LogP contribution in [0.3, 0.4) is 0 Å². The molecule has 11 heteroatoms. The maximum absolute atomic E-state index is 6.98. The average molecular weight is 538 g/mol. The van der Waals surface area contributed by atoms with Gasteiger partial charge in [0, 0.05) is 13.0 Å². The Bertz CT molecular complexity index is 1050. The normalized spacial score (nSPS) is 24.1. The van der Waals surface area contributed by atoms with Crippen molar-refractivity contribution in [1.29, 1.82) is 0 Å². The van der Waals surface area contributed by atoms with Gasteiger partial charge in [-0.05, 0) is 42.7 Å². The summed E-state index contributed by atoms with van der Waals surface area (Å²) in [5.41, 5.74) is 7.26. The fourth-order valence-corrected chi connectivity index (χ4v) is 6.05. The molecule has 1 aliphatic heterocycles. The molecule has 1 aliphatic rings. The topological polar surface area (TPSA) is 107 Å². The molecular weight excluding hydrogens is 490 g/mol. The van der Waals surface area contributed by atoms with Gasteiger partial charge in [0.2, 0.25) is 0 Å². The van der Waals surface area contributed by atoms with E-state index in [4.69, 9.17) is 24.1 Å². The maximum Gasteiger partial charge on any atom is 0.195 e. The molecule has 0 bridgehead atoms. The monoisotopic (exact) mass is 537 g/mol. The molecule has 2 aromatic heterocycles. The van der Waals surface area contributed by atoms with Gasteiger partial charge in [-0.1, -0.05) is 48.5 Å². The standard InChI is InChI=1S/C25H47N5O4Si2/c1-12-13-31-25(15-32-35(8,9)23(2,3)4)14-18(34-36(10,11)24(5,6)7)22(33-25)30-17-29-19-20(26)27-16-28-21(19)30/h16-18,22H,12-15H2,1-11H3,(H2,26,27,28)/t18-,22-,25+/m1/s1. The van der Waals surface area contributed by atoms with Crippen LogP contribution in [-0.2, 0) is 18.3 Å². The first kappa shape index (κ1) is 29.2. The van der Waals surface area contributed by atoms with Crippen LogP contribution in [-0.4, -0.2) is 61.3 Å². The van der Waals surface area contributed by atoms with Crippen molar-refractivity contribution >= 4 is 33.6 Å². The Kier molecular flexibility index (Phi) is 8.16. The van der Waals surface area contributed by atoms with Crippen LogP contribution in [0.5, 0.6) is 0 Å². The van der Waals surface area contributed by atoms with Crippen LogP contribution < -0.4 is 5.73 Å². The number of fused-ring (bicyclic) bond motifs is 1. The summed E-state index contributed by atoms with van der Waals surface area (Å²) in [6, 6.07) is 0. The molecule has 0 spiro atoms. The van der Waals surface area contributed by atoms with E-state index >= 15 is 0 Å². The minimum atomic E-state index is -2.14. The third-order valence-corrected chi connectivity index (χ3v) is 17.1. The van der Waals surface area contributed by atoms with Crippen molar-refractivity contribution in [3.63, 3.8) is 0 Å². The summed E-state index contributed by atoms with van der Waals surface area (Å²) in [6.45, 7) is 25.5. The quantitative estimate of drug-likeness (QED) is 0.396. The Morgan fingerprint density at radius 1 is 1.06 bits per heavy atom. The highest BCUT2D eigenvalue weighted by Gasteiger charge is 2.54. The van der Waals surface area contributed by atoms with Crippen molar-refractivity contribution in [2.24, 2.45) is 0 Å². The molecule has 0 aliphatic carbocycles. The Hall–Kier alpha value is -1.38. The van der Waals surface area contributed by atoms with Gasteiger partial charge in [-0.3, -0.25) is 4.57 Å². The second kappa shape index (κ2) is 10.1. The fraction of sp³-hybridized carbons (Fsp3) is 0.800. The van der Waals surface area contributed by atoms with Gasteiger partial charge in [-0.25, -0.2) is 15.0 Å². The van der Waals surface area contributed by atoms with E-state index in [1.807, 2.05) is 4.57 Å². The molecule has 3 heterocycles. The van der Waals surface area contributed by atoms with Gasteiger partial charge in [0.25, 0.3) is 0 Å². The molecule has 0 unspecified atom stereocenters. The lowest BCUT2D eigenvalue weighted by atomic mass is 10.1. The maximum atomic E-state index is 6.98. The molecule has 1 fully saturated rings. The number of nitrogen functional groups attached to an aromatic ring is 1. The average Bonchev–Trinajstić information content (AvgIpc) is 3.32. The number of hydrogen-bond donors (Lipinski definition) is 1. The number of aromatic nitrogens is 4. The Morgan fingerprint density at radius 2 is 1.69 bits per heavy atom. The minimum absolute atomic E-state index is 0.0360. The second-order valence-electron chi connectivity index (χ2n) is 13.0. The SMILES string of the molecule is CCCO[C@@]1(CO[Si](C)(C)C(C)(C)C)C[C@@H](O[Si](C)(C)C(C)(C)C)[C@H](n2cnc3c(N)ncnc32)O1. The number of imidazole rings is 1. The third-order valence-electron chi connectivity index (χ3n) is 8.11. The molecule has 0 aromatic carbocycles. The van der Waals surface area contributed by atoms with Crippen LogP contribution in [0.25, 0.3) is 11.2 Å². The summed E-state index contributed by atoms with van der Waals surface area (Å²) >= 11 is 0. The molecule has 2 aromatic rings. The summed E-state index contributed by atoms with van der Waals surface area (Å²) in [6.07, 6.45) is 3.85. The number of anilines is 1. The van der Waals surface area contributed by atoms with Crippen LogP contribution in [0.2, 0.25) is 36.3 Å². The van der Waals surface area contributed by atoms with Gasteiger partial charge in [0.15, 0.2) is 40.1 Å². The zero-order valence-corrected chi connectivity index (χ0v) is 26.1. The highest BCUT2D eigenvalue weighted by molar-refractivity contribution is 6.74. The van der Waals surface area contributed by atoms with Crippen molar-refractivity contribution in [2.75, 3.05) is 18.9 Å². The molecule has 3 rings (SSSR count). The van der Waals surface area contributed by atoms with E-state index in [9.17, 15) is 0 Å². The van der Waals surface area contributed by atoms with Crippen LogP contribution in [0.15, 0.2) is 12.7 Å². The van der Waals surface area contributed by atoms with E-state index in [1.54, 1.807) is 6.33 Å². The molecule has 3 atom stereocenters. The first-order chi connectivity index (χ1) is 16.4. The van der Waals surface area contributed by atoms with Gasteiger partial charge in [-0.15, -0.1) is 0 Å². The van der Waals surface area contributed by atoms with Crippen molar-refractivity contribution in [3.05, 3.63) is 12.7 Å². The molecule has 36 heavy (non-hydrogen) atoms. The summed E-state index contributed by atoms with van der Waals surface area (Å²) in [5.74, 6) is -0.591. The lowest BCUT2D eigenvalue weighted by Crippen LogP contribution is -2.48. The van der Waals surface area contributed by atoms with Crippen LogP contribution >= 0.6 is 0 Å². The van der Waals surface area contributed by atoms with Crippen LogP contribution in [0.4, 0.5) is 5.82 Å². The van der Waals surface area contributed by atoms with Crippen molar-refractivity contribution in [1.82, 2.24) is 19.5 Å². The van der Waals surface area contributed by atoms with Gasteiger partial charge in [0.1, 0.15) is 11.8 Å². The highest BCUT2D eigenvalue weighted by Crippen LogP contribution is 2.47. The van der Waals surface area contributed by atoms with E-state index < -0.39 is 28.6 Å². The molecule has 1 saturated heterocycles. The number of nitrogens with two attached hydrogens (primary N) is 1. The number of hydrogen-bond acceptors (Lipinski definition) is 8. The Labute approximate surface area is 218 Å². The van der Waals surface area contributed by atoms with E-state index in [-0.39, 0.29) is 16.2 Å². The lowest BCUT2D eigenvalue weighted by molar-refractivity contribution is -0.253. The highest BCUT2D eigenvalue weighted by atomic mass is 28.4. The smallest absolute Gasteiger partial charge is 0.195 e. The minimum Gasteiger partial charge on any atom is -0.411 e. The number of ether oxygens (including phenoxy) is 2. The molecule has 0 saturated carbocycles. The molecule has 2 N–H and O–H groups in total. The number of nitrogens with zero attached hydrogens (tertiary/aromatic N) is 4. The Morgan fingerprint density at radius 3 is 2.28 bits per heavy atom. The predicted octanol–water partition coefficient (Wildman–Crippen LogP) is 5.86. The molecule has 0 amide bonds. The largest absolute Gasteiger partial charge is 0.411 e. The van der Waals surface area contributed by atoms with E-state index in [0.717, 1.165) is 6.42 Å². The summed E-state index contributed by atoms with van der Waals surface area (Å²) in [7, 11) is -4.19. The van der Waals surface area contributed by atoms with Crippen molar-refractivity contribution in [2.45, 2.75) is 116 Å². The summed E-state index contributed by atoms with van der Waals surface area (Å²) in [5, 5.41) is 0.108. The van der Waals surface area contributed by atoms with Crippen molar-refractivity contribution < 1.29 is 18.3 Å². The van der Waals surface area contributed by atoms with E-state index in [2.05, 4.69) is 89.6 Å². The third kappa shape index (κ3) is 5.86. The zero-order valence-electron chi connectivity index (χ0n) is 24.1. The molecule has 0 radical (unpaired) electrons. The van der Waals surface area contributed by atoms with E-state index in [0.29, 0.717) is 36.6 Å². The van der Waals surface area contributed by atoms with Crippen molar-refractivity contribution in [3.8, 4) is 0 Å². The second-order valence-corrected chi connectivity index (χ2v) is 22.6.